The summed E-state index contributed by atoms with van der Waals surface area (Å²) >= 11 is 1.80. The van der Waals surface area contributed by atoms with Crippen molar-refractivity contribution in [3.63, 3.8) is 0 Å². The van der Waals surface area contributed by atoms with Crippen molar-refractivity contribution in [1.82, 2.24) is 4.31 Å². The highest BCUT2D eigenvalue weighted by Gasteiger charge is 2.33. The molecule has 0 amide bonds. The Morgan fingerprint density at radius 3 is 2.42 bits per heavy atom. The van der Waals surface area contributed by atoms with Gasteiger partial charge in [-0.25, -0.2) is 8.42 Å². The monoisotopic (exact) mass is 296 g/mol. The van der Waals surface area contributed by atoms with Gasteiger partial charge in [-0.2, -0.15) is 21.3 Å². The van der Waals surface area contributed by atoms with E-state index in [1.807, 2.05) is 19.9 Å². The van der Waals surface area contributed by atoms with Crippen molar-refractivity contribution in [1.29, 1.82) is 5.26 Å². The fourth-order valence-corrected chi connectivity index (χ4v) is 5.52. The average molecular weight is 296 g/mol. The zero-order chi connectivity index (χ0) is 14.0. The molecular formula is C13H16N2O2S2. The minimum atomic E-state index is -3.57. The Hall–Kier alpha value is -1.03. The van der Waals surface area contributed by atoms with Gasteiger partial charge in [0.2, 0.25) is 10.0 Å². The van der Waals surface area contributed by atoms with Crippen molar-refractivity contribution in [2.24, 2.45) is 0 Å². The van der Waals surface area contributed by atoms with Crippen LogP contribution in [0.15, 0.2) is 29.2 Å². The second-order valence-corrected chi connectivity index (χ2v) is 8.48. The van der Waals surface area contributed by atoms with Crippen LogP contribution in [0.25, 0.3) is 0 Å². The first-order valence-corrected chi connectivity index (χ1v) is 8.48. The summed E-state index contributed by atoms with van der Waals surface area (Å²) in [7, 11) is -3.57. The summed E-state index contributed by atoms with van der Waals surface area (Å²) < 4.78 is 26.7. The van der Waals surface area contributed by atoms with E-state index >= 15 is 0 Å². The third-order valence-electron chi connectivity index (χ3n) is 3.01. The maximum absolute atomic E-state index is 12.6. The first-order valence-electron chi connectivity index (χ1n) is 6.10. The molecule has 0 aliphatic carbocycles. The van der Waals surface area contributed by atoms with Crippen LogP contribution in [0.4, 0.5) is 0 Å². The molecule has 0 bridgehead atoms. The van der Waals surface area contributed by atoms with E-state index < -0.39 is 10.0 Å². The van der Waals surface area contributed by atoms with Crippen LogP contribution in [-0.2, 0) is 10.0 Å². The van der Waals surface area contributed by atoms with Gasteiger partial charge in [-0.3, -0.25) is 0 Å². The van der Waals surface area contributed by atoms with Crippen molar-refractivity contribution < 1.29 is 8.42 Å². The summed E-state index contributed by atoms with van der Waals surface area (Å²) in [5, 5.41) is 9.59. The lowest BCUT2D eigenvalue weighted by atomic mass is 10.2. The molecule has 1 aromatic carbocycles. The lowest BCUT2D eigenvalue weighted by Crippen LogP contribution is -2.44. The number of sulfonamides is 1. The summed E-state index contributed by atoms with van der Waals surface area (Å²) in [6, 6.07) is 8.32. The highest BCUT2D eigenvalue weighted by Crippen LogP contribution is 2.29. The topological polar surface area (TPSA) is 61.2 Å². The van der Waals surface area contributed by atoms with Crippen LogP contribution < -0.4 is 0 Å². The molecule has 0 spiro atoms. The Balaban J connectivity index is 2.40. The van der Waals surface area contributed by atoms with Crippen LogP contribution in [0.3, 0.4) is 0 Å². The molecule has 0 saturated carbocycles. The third-order valence-corrected chi connectivity index (χ3v) is 6.13. The van der Waals surface area contributed by atoms with Crippen molar-refractivity contribution in [3.8, 4) is 6.07 Å². The molecule has 1 saturated heterocycles. The Bertz CT molecular complexity index is 597. The Labute approximate surface area is 118 Å². The molecule has 0 aromatic heterocycles. The molecule has 1 aliphatic rings. The van der Waals surface area contributed by atoms with Gasteiger partial charge in [0, 0.05) is 23.6 Å². The SMILES string of the molecule is CC1CN(S(=O)(=O)c2ccccc2C#N)CC(C)S1. The molecule has 1 fully saturated rings. The van der Waals surface area contributed by atoms with Gasteiger partial charge in [0.05, 0.1) is 10.5 Å². The summed E-state index contributed by atoms with van der Waals surface area (Å²) in [5.41, 5.74) is 0.209. The molecule has 2 atom stereocenters. The second kappa shape index (κ2) is 5.53. The van der Waals surface area contributed by atoms with Gasteiger partial charge in [0.25, 0.3) is 0 Å². The average Bonchev–Trinajstić information content (AvgIpc) is 2.37. The van der Waals surface area contributed by atoms with E-state index in [9.17, 15) is 8.42 Å². The lowest BCUT2D eigenvalue weighted by Gasteiger charge is -2.33. The zero-order valence-corrected chi connectivity index (χ0v) is 12.5. The highest BCUT2D eigenvalue weighted by atomic mass is 32.2. The number of benzene rings is 1. The Kier molecular flexibility index (Phi) is 4.19. The highest BCUT2D eigenvalue weighted by molar-refractivity contribution is 8.00. The van der Waals surface area contributed by atoms with Crippen molar-refractivity contribution in [2.45, 2.75) is 29.2 Å². The van der Waals surface area contributed by atoms with Crippen LogP contribution in [0.5, 0.6) is 0 Å². The lowest BCUT2D eigenvalue weighted by molar-refractivity contribution is 0.404. The van der Waals surface area contributed by atoms with Crippen LogP contribution in [0.2, 0.25) is 0 Å². The van der Waals surface area contributed by atoms with Gasteiger partial charge < -0.3 is 0 Å². The maximum Gasteiger partial charge on any atom is 0.244 e. The van der Waals surface area contributed by atoms with Gasteiger partial charge in [0.1, 0.15) is 6.07 Å². The van der Waals surface area contributed by atoms with E-state index in [0.717, 1.165) is 0 Å². The number of nitriles is 1. The number of hydrogen-bond donors (Lipinski definition) is 0. The van der Waals surface area contributed by atoms with Crippen molar-refractivity contribution in [2.75, 3.05) is 13.1 Å². The van der Waals surface area contributed by atoms with E-state index in [-0.39, 0.29) is 21.0 Å². The fourth-order valence-electron chi connectivity index (χ4n) is 2.25. The number of thioether (sulfide) groups is 1. The largest absolute Gasteiger partial charge is 0.244 e. The van der Waals surface area contributed by atoms with Crippen LogP contribution >= 0.6 is 11.8 Å². The molecule has 0 N–H and O–H groups in total. The van der Waals surface area contributed by atoms with Crippen LogP contribution in [-0.4, -0.2) is 36.3 Å². The summed E-state index contributed by atoms with van der Waals surface area (Å²) in [6.45, 7) is 5.05. The Morgan fingerprint density at radius 1 is 1.26 bits per heavy atom. The minimum Gasteiger partial charge on any atom is -0.207 e. The first kappa shape index (κ1) is 14.4. The van der Waals surface area contributed by atoms with Crippen molar-refractivity contribution >= 4 is 21.8 Å². The second-order valence-electron chi connectivity index (χ2n) is 4.69. The molecular weight excluding hydrogens is 280 g/mol. The van der Waals surface area contributed by atoms with Gasteiger partial charge in [-0.05, 0) is 12.1 Å². The molecule has 6 heteroatoms. The number of hydrogen-bond acceptors (Lipinski definition) is 4. The van der Waals surface area contributed by atoms with E-state index in [4.69, 9.17) is 5.26 Å². The maximum atomic E-state index is 12.6. The minimum absolute atomic E-state index is 0.115. The molecule has 1 heterocycles. The van der Waals surface area contributed by atoms with Gasteiger partial charge in [-0.15, -0.1) is 0 Å². The molecule has 1 aliphatic heterocycles. The zero-order valence-electron chi connectivity index (χ0n) is 10.9. The quantitative estimate of drug-likeness (QED) is 0.838. The smallest absolute Gasteiger partial charge is 0.207 e. The van der Waals surface area contributed by atoms with E-state index in [1.165, 1.54) is 10.4 Å². The first-order chi connectivity index (χ1) is 8.95. The summed E-state index contributed by atoms with van der Waals surface area (Å²) in [5.74, 6) is 0. The third kappa shape index (κ3) is 2.94. The predicted molar refractivity (Wildman–Crippen MR) is 76.4 cm³/mol. The predicted octanol–water partition coefficient (Wildman–Crippen LogP) is 2.07. The molecule has 19 heavy (non-hydrogen) atoms. The van der Waals surface area contributed by atoms with E-state index in [0.29, 0.717) is 13.1 Å². The van der Waals surface area contributed by atoms with Gasteiger partial charge >= 0.3 is 0 Å². The normalized spacial score (nSPS) is 24.9. The Morgan fingerprint density at radius 2 is 1.84 bits per heavy atom. The van der Waals surface area contributed by atoms with Crippen LogP contribution in [0.1, 0.15) is 19.4 Å². The number of nitrogens with zero attached hydrogens (tertiary/aromatic N) is 2. The van der Waals surface area contributed by atoms with E-state index in [2.05, 4.69) is 0 Å². The molecule has 2 rings (SSSR count). The molecule has 0 radical (unpaired) electrons. The molecule has 1 aromatic rings. The molecule has 102 valence electrons. The van der Waals surface area contributed by atoms with Gasteiger partial charge in [0.15, 0.2) is 0 Å². The standard InChI is InChI=1S/C13H16N2O2S2/c1-10-8-15(9-11(2)18-10)19(16,17)13-6-4-3-5-12(13)7-14/h3-6,10-11H,8-9H2,1-2H3. The summed E-state index contributed by atoms with van der Waals surface area (Å²) in [4.78, 5) is 0.115. The van der Waals surface area contributed by atoms with Crippen molar-refractivity contribution in [3.05, 3.63) is 29.8 Å². The molecule has 2 unspecified atom stereocenters. The fraction of sp³-hybridized carbons (Fsp3) is 0.462. The number of rotatable bonds is 2. The molecule has 4 nitrogen and oxygen atoms in total. The van der Waals surface area contributed by atoms with E-state index in [1.54, 1.807) is 30.0 Å². The van der Waals surface area contributed by atoms with Crippen LogP contribution in [0, 0.1) is 11.3 Å². The summed E-state index contributed by atoms with van der Waals surface area (Å²) in [6.07, 6.45) is 0. The van der Waals surface area contributed by atoms with Gasteiger partial charge in [-0.1, -0.05) is 26.0 Å².